The highest BCUT2D eigenvalue weighted by Gasteiger charge is 2.58. The molecule has 1 spiro atoms. The fraction of sp³-hybridized carbons (Fsp3) is 0.476. The summed E-state index contributed by atoms with van der Waals surface area (Å²) in [6, 6.07) is 5.06. The highest BCUT2D eigenvalue weighted by atomic mass is 32.2. The minimum absolute atomic E-state index is 0.0219. The zero-order chi connectivity index (χ0) is 40.9. The van der Waals surface area contributed by atoms with E-state index in [4.69, 9.17) is 28.4 Å². The number of aromatic hydroxyl groups is 1. The van der Waals surface area contributed by atoms with Crippen molar-refractivity contribution in [2.24, 2.45) is 0 Å². The number of phenolic OH excluding ortho intramolecular Hbond substituents is 1. The fourth-order valence-corrected chi connectivity index (χ4v) is 11.9. The van der Waals surface area contributed by atoms with Crippen LogP contribution in [0.15, 0.2) is 24.3 Å². The predicted molar refractivity (Wildman–Crippen MR) is 213 cm³/mol. The number of hydrogen-bond acceptors (Lipinski definition) is 15. The third kappa shape index (κ3) is 5.59. The van der Waals surface area contributed by atoms with Gasteiger partial charge in [0.05, 0.1) is 43.9 Å². The maximum absolute atomic E-state index is 15.0. The zero-order valence-electron chi connectivity index (χ0n) is 33.4. The number of carbonyl (C=O) groups excluding carboxylic acids is 2. The number of methoxy groups -OCH3 is 2. The number of aliphatic hydroxyl groups excluding tert-OH is 2. The van der Waals surface area contributed by atoms with Crippen LogP contribution in [0.25, 0.3) is 10.9 Å². The molecular weight excluding hydrogens is 769 g/mol. The first-order valence-electron chi connectivity index (χ1n) is 19.3. The van der Waals surface area contributed by atoms with Gasteiger partial charge in [0, 0.05) is 64.3 Å². The van der Waals surface area contributed by atoms with Gasteiger partial charge in [-0.1, -0.05) is 6.07 Å². The van der Waals surface area contributed by atoms with E-state index in [1.807, 2.05) is 62.0 Å². The van der Waals surface area contributed by atoms with Crippen molar-refractivity contribution in [1.29, 1.82) is 0 Å². The number of rotatable bonds is 5. The number of aliphatic hydroxyl groups is 2. The lowest BCUT2D eigenvalue weighted by molar-refractivity contribution is -0.159. The van der Waals surface area contributed by atoms with Crippen LogP contribution < -0.4 is 29.0 Å². The van der Waals surface area contributed by atoms with E-state index >= 15 is 4.79 Å². The Morgan fingerprint density at radius 3 is 2.53 bits per heavy atom. The van der Waals surface area contributed by atoms with Crippen LogP contribution in [0.4, 0.5) is 0 Å². The van der Waals surface area contributed by atoms with Gasteiger partial charge >= 0.3 is 11.9 Å². The molecule has 0 saturated carbocycles. The van der Waals surface area contributed by atoms with Crippen molar-refractivity contribution in [1.82, 2.24) is 20.1 Å². The number of H-pyrrole nitrogens is 1. The number of phenols is 1. The Morgan fingerprint density at radius 2 is 1.83 bits per heavy atom. The molecule has 16 heteroatoms. The highest BCUT2D eigenvalue weighted by Crippen LogP contribution is 2.63. The smallest absolute Gasteiger partial charge is 0.333 e. The van der Waals surface area contributed by atoms with Gasteiger partial charge < -0.3 is 53.6 Å². The standard InChI is InChI=1S/C42H48N4O11S/c1-18-10-21-11-28(49)46-27-15-54-41(51)42(40-25(12-22(14-47)44-42)24-13-23(52-6)8-9-26(24)43-40)16-58-39(33(46)32(45(4)5)29(21)34(50)35(18)53-7)31-30(27)38-37(55-17-56-38)19(2)36(31)57-20(3)48/h8-10,13,22,27-28,32-33,39,43-44,47,49-50H,11-12,14-17H2,1-7H3/t22-,27-,28-,32-,33+,39+,42+/m0/s1. The summed E-state index contributed by atoms with van der Waals surface area (Å²) in [5, 5.41) is 39.1. The van der Waals surface area contributed by atoms with Crippen LogP contribution in [0.5, 0.6) is 34.5 Å². The molecule has 0 amide bonds. The van der Waals surface area contributed by atoms with Gasteiger partial charge in [-0.25, -0.2) is 4.79 Å². The molecule has 3 aromatic carbocycles. The third-order valence-corrected chi connectivity index (χ3v) is 14.0. The summed E-state index contributed by atoms with van der Waals surface area (Å²) in [5.74, 6) is 1.11. The van der Waals surface area contributed by atoms with Crippen molar-refractivity contribution >= 4 is 34.6 Å². The summed E-state index contributed by atoms with van der Waals surface area (Å²) in [5.41, 5.74) is 4.69. The lowest BCUT2D eigenvalue weighted by atomic mass is 9.80. The molecule has 15 nitrogen and oxygen atoms in total. The van der Waals surface area contributed by atoms with Gasteiger partial charge in [-0.2, -0.15) is 0 Å². The maximum atomic E-state index is 15.0. The van der Waals surface area contributed by atoms with Gasteiger partial charge in [-0.3, -0.25) is 15.0 Å². The second-order valence-corrected chi connectivity index (χ2v) is 17.1. The molecule has 1 saturated heterocycles. The normalized spacial score (nSPS) is 27.4. The Morgan fingerprint density at radius 1 is 1.05 bits per heavy atom. The monoisotopic (exact) mass is 816 g/mol. The molecule has 58 heavy (non-hydrogen) atoms. The van der Waals surface area contributed by atoms with Crippen molar-refractivity contribution < 1.29 is 53.3 Å². The number of thioether (sulfide) groups is 1. The molecule has 308 valence electrons. The largest absolute Gasteiger partial charge is 0.504 e. The summed E-state index contributed by atoms with van der Waals surface area (Å²) in [6.07, 6.45) is -0.554. The van der Waals surface area contributed by atoms with E-state index in [9.17, 15) is 20.1 Å². The third-order valence-electron chi connectivity index (χ3n) is 12.5. The molecular formula is C42H48N4O11S. The molecule has 1 aromatic heterocycles. The van der Waals surface area contributed by atoms with Gasteiger partial charge in [0.15, 0.2) is 28.5 Å². The molecule has 6 aliphatic rings. The average Bonchev–Trinajstić information content (AvgIpc) is 3.81. The molecule has 4 aromatic rings. The molecule has 10 rings (SSSR count). The molecule has 0 unspecified atom stereocenters. The van der Waals surface area contributed by atoms with E-state index in [2.05, 4.69) is 10.3 Å². The van der Waals surface area contributed by atoms with Gasteiger partial charge in [-0.15, -0.1) is 11.8 Å². The lowest BCUT2D eigenvalue weighted by Crippen LogP contribution is -2.62. The number of likely N-dealkylation sites (N-methyl/N-ethyl adjacent to an activating group) is 1. The molecule has 1 fully saturated rings. The van der Waals surface area contributed by atoms with Crippen molar-refractivity contribution in [3.63, 3.8) is 0 Å². The van der Waals surface area contributed by atoms with E-state index in [1.54, 1.807) is 7.11 Å². The topological polar surface area (TPSA) is 185 Å². The van der Waals surface area contributed by atoms with Gasteiger partial charge in [0.2, 0.25) is 6.79 Å². The van der Waals surface area contributed by atoms with Crippen LogP contribution >= 0.6 is 11.8 Å². The minimum atomic E-state index is -1.48. The number of aromatic nitrogens is 1. The number of esters is 2. The first-order chi connectivity index (χ1) is 27.8. The fourth-order valence-electron chi connectivity index (χ4n) is 10.2. The zero-order valence-corrected chi connectivity index (χ0v) is 34.2. The number of hydrogen-bond donors (Lipinski definition) is 5. The van der Waals surface area contributed by atoms with E-state index < -0.39 is 53.1 Å². The van der Waals surface area contributed by atoms with E-state index in [0.29, 0.717) is 68.7 Å². The number of aromatic amines is 1. The summed E-state index contributed by atoms with van der Waals surface area (Å²) in [7, 11) is 6.97. The van der Waals surface area contributed by atoms with Gasteiger partial charge in [-0.05, 0) is 69.3 Å². The Labute approximate surface area is 339 Å². The molecule has 2 bridgehead atoms. The van der Waals surface area contributed by atoms with Crippen LogP contribution in [0.1, 0.15) is 68.9 Å². The summed E-state index contributed by atoms with van der Waals surface area (Å²) < 4.78 is 36.2. The van der Waals surface area contributed by atoms with Crippen LogP contribution in [0.3, 0.4) is 0 Å². The van der Waals surface area contributed by atoms with Crippen molar-refractivity contribution in [2.75, 3.05) is 54.1 Å². The first-order valence-corrected chi connectivity index (χ1v) is 20.4. The average molecular weight is 817 g/mol. The Balaban J connectivity index is 1.33. The number of ether oxygens (including phenoxy) is 6. The number of nitrogens with one attached hydrogen (secondary N) is 2. The Hall–Kier alpha value is -4.71. The minimum Gasteiger partial charge on any atom is -0.504 e. The second-order valence-electron chi connectivity index (χ2n) is 16.0. The van der Waals surface area contributed by atoms with Crippen molar-refractivity contribution in [2.45, 2.75) is 74.8 Å². The molecule has 7 atom stereocenters. The van der Waals surface area contributed by atoms with E-state index in [1.165, 1.54) is 25.8 Å². The number of benzene rings is 3. The Kier molecular flexibility index (Phi) is 9.52. The van der Waals surface area contributed by atoms with Crippen LogP contribution in [-0.4, -0.2) is 114 Å². The number of carbonyl (C=O) groups is 2. The molecule has 7 heterocycles. The van der Waals surface area contributed by atoms with Crippen LogP contribution in [0.2, 0.25) is 0 Å². The SMILES string of the molecule is COc1ccc2[nH]c3c(c2c1)C[C@@H](CO)N[C@]31CS[C@@H]2c3c(OC(C)=O)c(C)c4c(c3[C@H](COC1=O)N1[C@@H]2[C@@H](N(C)C)c2c(cc(C)c(OC)c2O)C[C@@H]1O)OCO4. The summed E-state index contributed by atoms with van der Waals surface area (Å²) in [4.78, 5) is 35.6. The summed E-state index contributed by atoms with van der Waals surface area (Å²) >= 11 is 1.44. The summed E-state index contributed by atoms with van der Waals surface area (Å²) in [6.45, 7) is 4.46. The number of nitrogens with zero attached hydrogens (tertiary/aromatic N) is 2. The Bertz CT molecular complexity index is 2370. The predicted octanol–water partition coefficient (Wildman–Crippen LogP) is 3.80. The maximum Gasteiger partial charge on any atom is 0.333 e. The quantitative estimate of drug-likeness (QED) is 0.145. The van der Waals surface area contributed by atoms with Crippen LogP contribution in [0, 0.1) is 13.8 Å². The van der Waals surface area contributed by atoms with Crippen molar-refractivity contribution in [3.8, 4) is 34.5 Å². The van der Waals surface area contributed by atoms with Crippen molar-refractivity contribution in [3.05, 3.63) is 68.9 Å². The van der Waals surface area contributed by atoms with Gasteiger partial charge in [0.25, 0.3) is 0 Å². The first kappa shape index (κ1) is 38.8. The molecule has 5 N–H and O–H groups in total. The molecule has 6 aliphatic heterocycles. The van der Waals surface area contributed by atoms with Crippen LogP contribution in [-0.2, 0) is 32.7 Å². The highest BCUT2D eigenvalue weighted by molar-refractivity contribution is 7.99. The molecule has 0 radical (unpaired) electrons. The second kappa shape index (κ2) is 14.2. The van der Waals surface area contributed by atoms with E-state index in [-0.39, 0.29) is 37.9 Å². The molecule has 0 aliphatic carbocycles. The van der Waals surface area contributed by atoms with E-state index in [0.717, 1.165) is 22.0 Å². The number of aryl methyl sites for hydroxylation is 1. The van der Waals surface area contributed by atoms with Gasteiger partial charge in [0.1, 0.15) is 24.3 Å². The number of fused-ring (bicyclic) bond motifs is 8. The lowest BCUT2D eigenvalue weighted by Gasteiger charge is -2.53.